The summed E-state index contributed by atoms with van der Waals surface area (Å²) < 4.78 is 5.35. The van der Waals surface area contributed by atoms with Crippen LogP contribution in [0.5, 0.6) is 0 Å². The van der Waals surface area contributed by atoms with Crippen LogP contribution < -0.4 is 10.6 Å². The van der Waals surface area contributed by atoms with Crippen LogP contribution >= 0.6 is 11.6 Å². The van der Waals surface area contributed by atoms with E-state index in [1.54, 1.807) is 18.2 Å². The number of amides is 2. The van der Waals surface area contributed by atoms with Crippen LogP contribution in [0.15, 0.2) is 18.2 Å². The molecule has 1 aromatic carbocycles. The first-order chi connectivity index (χ1) is 10.5. The smallest absolute Gasteiger partial charge is 0.253 e. The van der Waals surface area contributed by atoms with Crippen LogP contribution in [0.25, 0.3) is 0 Å². The molecule has 0 saturated carbocycles. The standard InChI is InChI=1S/C16H21ClN2O3/c1-10(2)15(20)18-11-5-6-14(17)13(8-11)16(21)19-12-4-3-7-22-9-12/h5-6,8,10,12H,3-4,7,9H2,1-2H3,(H,18,20)(H,19,21)/t12-/m1/s1. The summed E-state index contributed by atoms with van der Waals surface area (Å²) in [5.41, 5.74) is 0.918. The first kappa shape index (κ1) is 16.8. The molecule has 1 atom stereocenters. The van der Waals surface area contributed by atoms with Crippen LogP contribution in [-0.4, -0.2) is 31.1 Å². The van der Waals surface area contributed by atoms with Crippen molar-refractivity contribution in [3.63, 3.8) is 0 Å². The van der Waals surface area contributed by atoms with Gasteiger partial charge < -0.3 is 15.4 Å². The van der Waals surface area contributed by atoms with Crippen LogP contribution in [0.4, 0.5) is 5.69 Å². The highest BCUT2D eigenvalue weighted by Crippen LogP contribution is 2.21. The zero-order chi connectivity index (χ0) is 16.1. The maximum absolute atomic E-state index is 12.3. The third-order valence-corrected chi connectivity index (χ3v) is 3.83. The Balaban J connectivity index is 2.08. The van der Waals surface area contributed by atoms with Gasteiger partial charge in [-0.25, -0.2) is 0 Å². The van der Waals surface area contributed by atoms with E-state index in [1.165, 1.54) is 0 Å². The van der Waals surface area contributed by atoms with E-state index in [2.05, 4.69) is 10.6 Å². The van der Waals surface area contributed by atoms with Gasteiger partial charge >= 0.3 is 0 Å². The van der Waals surface area contributed by atoms with Gasteiger partial charge in [-0.1, -0.05) is 25.4 Å². The van der Waals surface area contributed by atoms with E-state index >= 15 is 0 Å². The van der Waals surface area contributed by atoms with E-state index < -0.39 is 0 Å². The Hall–Kier alpha value is -1.59. The minimum Gasteiger partial charge on any atom is -0.379 e. The van der Waals surface area contributed by atoms with Crippen molar-refractivity contribution in [1.82, 2.24) is 5.32 Å². The largest absolute Gasteiger partial charge is 0.379 e. The van der Waals surface area contributed by atoms with Crippen LogP contribution in [0.1, 0.15) is 37.0 Å². The van der Waals surface area contributed by atoms with Crippen LogP contribution in [-0.2, 0) is 9.53 Å². The molecule has 0 aliphatic carbocycles. The molecular weight excluding hydrogens is 304 g/mol. The van der Waals surface area contributed by atoms with Crippen LogP contribution in [0.2, 0.25) is 5.02 Å². The lowest BCUT2D eigenvalue weighted by Gasteiger charge is -2.23. The fourth-order valence-electron chi connectivity index (χ4n) is 2.18. The summed E-state index contributed by atoms with van der Waals surface area (Å²) in [7, 11) is 0. The number of carbonyl (C=O) groups is 2. The van der Waals surface area contributed by atoms with Crippen molar-refractivity contribution in [2.75, 3.05) is 18.5 Å². The van der Waals surface area contributed by atoms with Crippen LogP contribution in [0.3, 0.4) is 0 Å². The van der Waals surface area contributed by atoms with Crippen molar-refractivity contribution in [3.8, 4) is 0 Å². The summed E-state index contributed by atoms with van der Waals surface area (Å²) >= 11 is 6.10. The van der Waals surface area contributed by atoms with Crippen molar-refractivity contribution in [2.24, 2.45) is 5.92 Å². The Morgan fingerprint density at radius 1 is 1.36 bits per heavy atom. The monoisotopic (exact) mass is 324 g/mol. The number of ether oxygens (including phenoxy) is 1. The van der Waals surface area contributed by atoms with Crippen molar-refractivity contribution in [2.45, 2.75) is 32.7 Å². The Bertz CT molecular complexity index is 554. The first-order valence-electron chi connectivity index (χ1n) is 7.46. The third kappa shape index (κ3) is 4.45. The zero-order valence-corrected chi connectivity index (χ0v) is 13.6. The second-order valence-corrected chi connectivity index (χ2v) is 6.13. The second-order valence-electron chi connectivity index (χ2n) is 5.73. The van der Waals surface area contributed by atoms with Crippen molar-refractivity contribution in [3.05, 3.63) is 28.8 Å². The fraction of sp³-hybridized carbons (Fsp3) is 0.500. The van der Waals surface area contributed by atoms with Gasteiger partial charge in [-0.05, 0) is 31.0 Å². The molecule has 1 heterocycles. The minimum absolute atomic E-state index is 0.00577. The van der Waals surface area contributed by atoms with Gasteiger partial charge in [0.05, 0.1) is 23.2 Å². The van der Waals surface area contributed by atoms with E-state index in [9.17, 15) is 9.59 Å². The summed E-state index contributed by atoms with van der Waals surface area (Å²) in [6.07, 6.45) is 1.83. The van der Waals surface area contributed by atoms with Crippen molar-refractivity contribution in [1.29, 1.82) is 0 Å². The van der Waals surface area contributed by atoms with Crippen molar-refractivity contribution >= 4 is 29.1 Å². The summed E-state index contributed by atoms with van der Waals surface area (Å²) in [6, 6.07) is 4.90. The normalized spacial score (nSPS) is 18.1. The number of rotatable bonds is 4. The van der Waals surface area contributed by atoms with Crippen LogP contribution in [0, 0.1) is 5.92 Å². The Morgan fingerprint density at radius 3 is 2.77 bits per heavy atom. The van der Waals surface area contributed by atoms with Gasteiger partial charge in [0.1, 0.15) is 0 Å². The Morgan fingerprint density at radius 2 is 2.14 bits per heavy atom. The van der Waals surface area contributed by atoms with Gasteiger partial charge in [-0.15, -0.1) is 0 Å². The number of carbonyl (C=O) groups excluding carboxylic acids is 2. The van der Waals surface area contributed by atoms with E-state index in [0.717, 1.165) is 19.4 Å². The fourth-order valence-corrected chi connectivity index (χ4v) is 2.38. The number of hydrogen-bond donors (Lipinski definition) is 2. The molecule has 1 aliphatic heterocycles. The Kier molecular flexibility index (Phi) is 5.80. The molecule has 0 unspecified atom stereocenters. The molecule has 6 heteroatoms. The highest BCUT2D eigenvalue weighted by Gasteiger charge is 2.19. The van der Waals surface area contributed by atoms with Gasteiger partial charge in [-0.3, -0.25) is 9.59 Å². The molecule has 0 spiro atoms. The summed E-state index contributed by atoms with van der Waals surface area (Å²) in [6.45, 7) is 4.88. The van der Waals surface area contributed by atoms with E-state index in [0.29, 0.717) is 22.9 Å². The Labute approximate surface area is 135 Å². The molecular formula is C16H21ClN2O3. The molecule has 0 radical (unpaired) electrons. The highest BCUT2D eigenvalue weighted by molar-refractivity contribution is 6.34. The highest BCUT2D eigenvalue weighted by atomic mass is 35.5. The van der Waals surface area contributed by atoms with E-state index in [-0.39, 0.29) is 23.8 Å². The maximum Gasteiger partial charge on any atom is 0.253 e. The molecule has 2 amide bonds. The van der Waals surface area contributed by atoms with Gasteiger partial charge in [0.15, 0.2) is 0 Å². The SMILES string of the molecule is CC(C)C(=O)Nc1ccc(Cl)c(C(=O)N[C@@H]2CCCOC2)c1. The molecule has 120 valence electrons. The molecule has 2 rings (SSSR count). The number of anilines is 1. The average molecular weight is 325 g/mol. The molecule has 22 heavy (non-hydrogen) atoms. The third-order valence-electron chi connectivity index (χ3n) is 3.50. The lowest BCUT2D eigenvalue weighted by Crippen LogP contribution is -2.40. The molecule has 2 N–H and O–H groups in total. The van der Waals surface area contributed by atoms with Gasteiger partial charge in [0.25, 0.3) is 5.91 Å². The predicted octanol–water partition coefficient (Wildman–Crippen LogP) is 2.84. The molecule has 1 aromatic rings. The van der Waals surface area contributed by atoms with E-state index in [4.69, 9.17) is 16.3 Å². The second kappa shape index (κ2) is 7.61. The number of benzene rings is 1. The number of hydrogen-bond acceptors (Lipinski definition) is 3. The molecule has 0 aromatic heterocycles. The van der Waals surface area contributed by atoms with E-state index in [1.807, 2.05) is 13.8 Å². The predicted molar refractivity (Wildman–Crippen MR) is 86.2 cm³/mol. The lowest BCUT2D eigenvalue weighted by molar-refractivity contribution is -0.118. The zero-order valence-electron chi connectivity index (χ0n) is 12.8. The molecule has 0 bridgehead atoms. The molecule has 1 fully saturated rings. The van der Waals surface area contributed by atoms with Gasteiger partial charge in [-0.2, -0.15) is 0 Å². The average Bonchev–Trinajstić information content (AvgIpc) is 2.50. The summed E-state index contributed by atoms with van der Waals surface area (Å²) in [5.74, 6) is -0.483. The topological polar surface area (TPSA) is 67.4 Å². The van der Waals surface area contributed by atoms with Gasteiger partial charge in [0, 0.05) is 18.2 Å². The summed E-state index contributed by atoms with van der Waals surface area (Å²) in [5, 5.41) is 6.04. The first-order valence-corrected chi connectivity index (χ1v) is 7.84. The molecule has 1 saturated heterocycles. The number of nitrogens with one attached hydrogen (secondary N) is 2. The molecule has 1 aliphatic rings. The van der Waals surface area contributed by atoms with Gasteiger partial charge in [0.2, 0.25) is 5.91 Å². The summed E-state index contributed by atoms with van der Waals surface area (Å²) in [4.78, 5) is 24.1. The number of halogens is 1. The quantitative estimate of drug-likeness (QED) is 0.895. The maximum atomic E-state index is 12.3. The van der Waals surface area contributed by atoms with Crippen molar-refractivity contribution < 1.29 is 14.3 Å². The molecule has 5 nitrogen and oxygen atoms in total. The lowest BCUT2D eigenvalue weighted by atomic mass is 10.1. The minimum atomic E-state index is -0.249.